The summed E-state index contributed by atoms with van der Waals surface area (Å²) < 4.78 is 0. The number of benzene rings is 2. The van der Waals surface area contributed by atoms with Gasteiger partial charge in [-0.1, -0.05) is 35.9 Å². The van der Waals surface area contributed by atoms with Crippen LogP contribution in [0.15, 0.2) is 66.9 Å². The molecule has 26 heavy (non-hydrogen) atoms. The van der Waals surface area contributed by atoms with Crippen molar-refractivity contribution in [1.29, 1.82) is 5.26 Å². The molecule has 0 saturated heterocycles. The highest BCUT2D eigenvalue weighted by atomic mass is 16.1. The molecule has 1 heterocycles. The zero-order valence-electron chi connectivity index (χ0n) is 14.4. The number of aromatic nitrogens is 1. The van der Waals surface area contributed by atoms with Crippen molar-refractivity contribution in [3.8, 4) is 6.07 Å². The molecule has 1 amide bonds. The predicted octanol–water partition coefficient (Wildman–Crippen LogP) is 3.94. The van der Waals surface area contributed by atoms with Crippen LogP contribution in [-0.4, -0.2) is 10.9 Å². The molecule has 0 unspecified atom stereocenters. The number of anilines is 2. The van der Waals surface area contributed by atoms with E-state index in [1.54, 1.807) is 36.5 Å². The molecule has 5 nitrogen and oxygen atoms in total. The van der Waals surface area contributed by atoms with E-state index in [9.17, 15) is 4.79 Å². The van der Waals surface area contributed by atoms with E-state index >= 15 is 0 Å². The summed E-state index contributed by atoms with van der Waals surface area (Å²) in [6.07, 6.45) is 1.60. The van der Waals surface area contributed by atoms with E-state index in [0.717, 1.165) is 22.5 Å². The number of nitrogens with zero attached hydrogens (tertiary/aromatic N) is 2. The summed E-state index contributed by atoms with van der Waals surface area (Å²) in [7, 11) is 0. The fraction of sp³-hybridized carbons (Fsp3) is 0.0952. The second kappa shape index (κ2) is 7.95. The molecule has 1 aromatic heterocycles. The van der Waals surface area contributed by atoms with Crippen LogP contribution in [0.2, 0.25) is 0 Å². The third-order valence-corrected chi connectivity index (χ3v) is 3.81. The molecule has 128 valence electrons. The van der Waals surface area contributed by atoms with E-state index in [0.29, 0.717) is 17.8 Å². The Morgan fingerprint density at radius 2 is 1.92 bits per heavy atom. The van der Waals surface area contributed by atoms with E-state index < -0.39 is 0 Å². The third kappa shape index (κ3) is 4.46. The first-order valence-corrected chi connectivity index (χ1v) is 8.21. The van der Waals surface area contributed by atoms with Crippen LogP contribution in [0.1, 0.15) is 27.2 Å². The number of aryl methyl sites for hydroxylation is 1. The highest BCUT2D eigenvalue weighted by Crippen LogP contribution is 2.17. The number of nitrogens with one attached hydrogen (secondary N) is 2. The van der Waals surface area contributed by atoms with Gasteiger partial charge in [0.1, 0.15) is 5.69 Å². The number of amides is 1. The van der Waals surface area contributed by atoms with Crippen molar-refractivity contribution in [2.45, 2.75) is 13.5 Å². The Labute approximate surface area is 152 Å². The Bertz CT molecular complexity index is 958. The molecule has 0 bridgehead atoms. The molecule has 2 N–H and O–H groups in total. The zero-order chi connectivity index (χ0) is 18.4. The van der Waals surface area contributed by atoms with E-state index in [-0.39, 0.29) is 5.91 Å². The number of rotatable bonds is 5. The summed E-state index contributed by atoms with van der Waals surface area (Å²) in [5.74, 6) is -0.218. The van der Waals surface area contributed by atoms with Gasteiger partial charge < -0.3 is 10.6 Å². The fourth-order valence-electron chi connectivity index (χ4n) is 2.53. The van der Waals surface area contributed by atoms with Crippen LogP contribution in [-0.2, 0) is 6.54 Å². The summed E-state index contributed by atoms with van der Waals surface area (Å²) in [6.45, 7) is 2.48. The number of carbonyl (C=O) groups excluding carboxylic acids is 1. The van der Waals surface area contributed by atoms with Crippen LogP contribution in [0, 0.1) is 18.3 Å². The minimum absolute atomic E-state index is 0.218. The van der Waals surface area contributed by atoms with Crippen molar-refractivity contribution < 1.29 is 4.79 Å². The molecule has 0 saturated carbocycles. The first-order chi connectivity index (χ1) is 12.6. The Balaban J connectivity index is 1.61. The highest BCUT2D eigenvalue weighted by molar-refractivity contribution is 5.92. The molecule has 0 atom stereocenters. The molecular weight excluding hydrogens is 324 g/mol. The number of nitriles is 1. The van der Waals surface area contributed by atoms with E-state index in [4.69, 9.17) is 5.26 Å². The molecule has 0 aliphatic carbocycles. The van der Waals surface area contributed by atoms with Crippen LogP contribution in [0.5, 0.6) is 0 Å². The molecule has 2 aromatic carbocycles. The lowest BCUT2D eigenvalue weighted by molar-refractivity contribution is 0.0946. The topological polar surface area (TPSA) is 77.8 Å². The number of pyridine rings is 1. The average molecular weight is 342 g/mol. The molecule has 0 aliphatic heterocycles. The summed E-state index contributed by atoms with van der Waals surface area (Å²) in [5.41, 5.74) is 4.68. The van der Waals surface area contributed by atoms with Gasteiger partial charge in [0.15, 0.2) is 0 Å². The van der Waals surface area contributed by atoms with E-state index in [1.165, 1.54) is 0 Å². The second-order valence-corrected chi connectivity index (χ2v) is 5.92. The van der Waals surface area contributed by atoms with Crippen LogP contribution in [0.4, 0.5) is 11.4 Å². The van der Waals surface area contributed by atoms with Gasteiger partial charge in [0, 0.05) is 12.2 Å². The fourth-order valence-corrected chi connectivity index (χ4v) is 2.53. The first kappa shape index (κ1) is 17.2. The van der Waals surface area contributed by atoms with Gasteiger partial charge in [-0.05, 0) is 42.8 Å². The van der Waals surface area contributed by atoms with Crippen molar-refractivity contribution in [2.24, 2.45) is 0 Å². The maximum Gasteiger partial charge on any atom is 0.270 e. The molecule has 0 spiro atoms. The zero-order valence-corrected chi connectivity index (χ0v) is 14.4. The minimum atomic E-state index is -0.218. The molecule has 0 aliphatic rings. The standard InChI is InChI=1S/C21H18N4O/c1-15-4-2-6-17(10-15)13-24-21(26)20-9-8-19(14-23-20)25-18-7-3-5-16(11-18)12-22/h2-11,14,25H,13H2,1H3,(H,24,26). The monoisotopic (exact) mass is 342 g/mol. The lowest BCUT2D eigenvalue weighted by Gasteiger charge is -2.08. The lowest BCUT2D eigenvalue weighted by Crippen LogP contribution is -2.23. The largest absolute Gasteiger partial charge is 0.354 e. The van der Waals surface area contributed by atoms with Gasteiger partial charge in [0.25, 0.3) is 5.91 Å². The first-order valence-electron chi connectivity index (χ1n) is 8.21. The van der Waals surface area contributed by atoms with Gasteiger partial charge in [-0.25, -0.2) is 4.98 Å². The highest BCUT2D eigenvalue weighted by Gasteiger charge is 2.07. The SMILES string of the molecule is Cc1cccc(CNC(=O)c2ccc(Nc3cccc(C#N)c3)cn2)c1. The molecule has 3 aromatic rings. The Morgan fingerprint density at radius 1 is 1.08 bits per heavy atom. The molecule has 0 radical (unpaired) electrons. The normalized spacial score (nSPS) is 10.0. The smallest absolute Gasteiger partial charge is 0.270 e. The van der Waals surface area contributed by atoms with Gasteiger partial charge >= 0.3 is 0 Å². The number of carbonyl (C=O) groups is 1. The van der Waals surface area contributed by atoms with Gasteiger partial charge in [-0.3, -0.25) is 4.79 Å². The number of hydrogen-bond donors (Lipinski definition) is 2. The number of hydrogen-bond acceptors (Lipinski definition) is 4. The van der Waals surface area contributed by atoms with Gasteiger partial charge in [-0.15, -0.1) is 0 Å². The average Bonchev–Trinajstić information content (AvgIpc) is 2.67. The molecule has 0 fully saturated rings. The minimum Gasteiger partial charge on any atom is -0.354 e. The predicted molar refractivity (Wildman–Crippen MR) is 101 cm³/mol. The maximum atomic E-state index is 12.2. The van der Waals surface area contributed by atoms with Crippen LogP contribution >= 0.6 is 0 Å². The van der Waals surface area contributed by atoms with Crippen LogP contribution < -0.4 is 10.6 Å². The van der Waals surface area contributed by atoms with Gasteiger partial charge in [-0.2, -0.15) is 5.26 Å². The van der Waals surface area contributed by atoms with Crippen molar-refractivity contribution in [1.82, 2.24) is 10.3 Å². The third-order valence-electron chi connectivity index (χ3n) is 3.81. The molecule has 5 heteroatoms. The van der Waals surface area contributed by atoms with Crippen molar-refractivity contribution in [3.05, 3.63) is 89.2 Å². The van der Waals surface area contributed by atoms with Crippen molar-refractivity contribution >= 4 is 17.3 Å². The molecule has 3 rings (SSSR count). The maximum absolute atomic E-state index is 12.2. The van der Waals surface area contributed by atoms with Gasteiger partial charge in [0.05, 0.1) is 23.5 Å². The van der Waals surface area contributed by atoms with Crippen LogP contribution in [0.3, 0.4) is 0 Å². The van der Waals surface area contributed by atoms with Crippen molar-refractivity contribution in [2.75, 3.05) is 5.32 Å². The van der Waals surface area contributed by atoms with Crippen molar-refractivity contribution in [3.63, 3.8) is 0 Å². The van der Waals surface area contributed by atoms with Gasteiger partial charge in [0.2, 0.25) is 0 Å². The summed E-state index contributed by atoms with van der Waals surface area (Å²) in [5, 5.41) is 15.0. The lowest BCUT2D eigenvalue weighted by atomic mass is 10.1. The Morgan fingerprint density at radius 3 is 2.65 bits per heavy atom. The van der Waals surface area contributed by atoms with E-state index in [1.807, 2.05) is 37.3 Å². The Hall–Kier alpha value is -3.65. The second-order valence-electron chi connectivity index (χ2n) is 5.92. The molecular formula is C21H18N4O. The summed E-state index contributed by atoms with van der Waals surface area (Å²) in [6, 6.07) is 20.7. The summed E-state index contributed by atoms with van der Waals surface area (Å²) in [4.78, 5) is 16.4. The van der Waals surface area contributed by atoms with E-state index in [2.05, 4.69) is 21.7 Å². The quantitative estimate of drug-likeness (QED) is 0.736. The summed E-state index contributed by atoms with van der Waals surface area (Å²) >= 11 is 0. The van der Waals surface area contributed by atoms with Crippen LogP contribution in [0.25, 0.3) is 0 Å². The Kier molecular flexibility index (Phi) is 5.25.